The van der Waals surface area contributed by atoms with Gasteiger partial charge < -0.3 is 4.74 Å². The van der Waals surface area contributed by atoms with E-state index in [9.17, 15) is 18.0 Å². The number of aromatic nitrogens is 2. The maximum atomic E-state index is 12.9. The van der Waals surface area contributed by atoms with Gasteiger partial charge in [0.1, 0.15) is 5.01 Å². The van der Waals surface area contributed by atoms with Crippen LogP contribution in [0.15, 0.2) is 23.1 Å². The summed E-state index contributed by atoms with van der Waals surface area (Å²) in [7, 11) is -2.35. The first-order valence-corrected chi connectivity index (χ1v) is 11.8. The molecule has 9 nitrogen and oxygen atoms in total. The predicted molar refractivity (Wildman–Crippen MR) is 114 cm³/mol. The van der Waals surface area contributed by atoms with Crippen molar-refractivity contribution in [3.63, 3.8) is 0 Å². The summed E-state index contributed by atoms with van der Waals surface area (Å²) in [6.07, 6.45) is 1.39. The molecule has 0 fully saturated rings. The third-order valence-electron chi connectivity index (χ3n) is 4.46. The molecule has 1 amide bonds. The van der Waals surface area contributed by atoms with Gasteiger partial charge in [-0.1, -0.05) is 31.3 Å². The molecule has 11 heteroatoms. The lowest BCUT2D eigenvalue weighted by atomic mass is 10.1. The van der Waals surface area contributed by atoms with E-state index >= 15 is 0 Å². The van der Waals surface area contributed by atoms with Crippen molar-refractivity contribution in [2.45, 2.75) is 44.9 Å². The molecule has 0 bridgehead atoms. The second-order valence-corrected chi connectivity index (χ2v) is 9.42. The van der Waals surface area contributed by atoms with Gasteiger partial charge in [0.15, 0.2) is 0 Å². The lowest BCUT2D eigenvalue weighted by Crippen LogP contribution is -2.31. The second kappa shape index (κ2) is 10.6. The maximum absolute atomic E-state index is 12.9. The number of rotatable bonds is 10. The standard InChI is InChI=1S/C19H26N4O5S2/c1-5-23(6-2)30(26,27)15-12-14(11-10-13(15)3)18(25)20-19-22-21-16(29-19)8-7-9-17(24)28-4/h10-12H,5-9H2,1-4H3,(H,20,22,25). The summed E-state index contributed by atoms with van der Waals surface area (Å²) in [5.74, 6) is -0.758. The van der Waals surface area contributed by atoms with E-state index < -0.39 is 15.9 Å². The Morgan fingerprint density at radius 1 is 1.20 bits per heavy atom. The van der Waals surface area contributed by atoms with E-state index in [-0.39, 0.29) is 22.8 Å². The summed E-state index contributed by atoms with van der Waals surface area (Å²) in [6, 6.07) is 4.57. The Morgan fingerprint density at radius 3 is 2.53 bits per heavy atom. The van der Waals surface area contributed by atoms with Crippen LogP contribution in [-0.2, 0) is 26.0 Å². The van der Waals surface area contributed by atoms with Crippen molar-refractivity contribution in [1.29, 1.82) is 0 Å². The highest BCUT2D eigenvalue weighted by atomic mass is 32.2. The van der Waals surface area contributed by atoms with Crippen molar-refractivity contribution < 1.29 is 22.7 Å². The summed E-state index contributed by atoms with van der Waals surface area (Å²) in [5.41, 5.74) is 0.788. The zero-order valence-corrected chi connectivity index (χ0v) is 19.1. The zero-order chi connectivity index (χ0) is 22.3. The average Bonchev–Trinajstić information content (AvgIpc) is 3.15. The lowest BCUT2D eigenvalue weighted by molar-refractivity contribution is -0.140. The largest absolute Gasteiger partial charge is 0.469 e. The highest BCUT2D eigenvalue weighted by Gasteiger charge is 2.25. The van der Waals surface area contributed by atoms with E-state index in [0.717, 1.165) is 0 Å². The molecule has 0 saturated carbocycles. The molecule has 1 N–H and O–H groups in total. The minimum absolute atomic E-state index is 0.111. The minimum Gasteiger partial charge on any atom is -0.469 e. The highest BCUT2D eigenvalue weighted by molar-refractivity contribution is 7.89. The predicted octanol–water partition coefficient (Wildman–Crippen LogP) is 2.63. The van der Waals surface area contributed by atoms with E-state index in [1.54, 1.807) is 32.9 Å². The molecule has 0 radical (unpaired) electrons. The van der Waals surface area contributed by atoms with Crippen LogP contribution in [0.3, 0.4) is 0 Å². The van der Waals surface area contributed by atoms with Crippen LogP contribution < -0.4 is 5.32 Å². The van der Waals surface area contributed by atoms with Crippen molar-refractivity contribution in [3.05, 3.63) is 34.3 Å². The van der Waals surface area contributed by atoms with Crippen LogP contribution in [0.2, 0.25) is 0 Å². The molecular weight excluding hydrogens is 428 g/mol. The Kier molecular flexibility index (Phi) is 8.44. The fourth-order valence-corrected chi connectivity index (χ4v) is 5.27. The molecular formula is C19H26N4O5S2. The number of amides is 1. The van der Waals surface area contributed by atoms with Gasteiger partial charge in [-0.25, -0.2) is 8.42 Å². The fraction of sp³-hybridized carbons (Fsp3) is 0.474. The quantitative estimate of drug-likeness (QED) is 0.548. The molecule has 0 aliphatic carbocycles. The molecule has 0 saturated heterocycles. The van der Waals surface area contributed by atoms with Gasteiger partial charge in [0.25, 0.3) is 5.91 Å². The number of nitrogens with zero attached hydrogens (tertiary/aromatic N) is 3. The number of aryl methyl sites for hydroxylation is 2. The van der Waals surface area contributed by atoms with E-state index in [1.165, 1.54) is 28.8 Å². The van der Waals surface area contributed by atoms with Gasteiger partial charge >= 0.3 is 5.97 Å². The number of methoxy groups -OCH3 is 1. The van der Waals surface area contributed by atoms with Gasteiger partial charge in [0, 0.05) is 31.5 Å². The number of benzene rings is 1. The minimum atomic E-state index is -3.69. The number of anilines is 1. The Balaban J connectivity index is 2.12. The Bertz CT molecular complexity index is 1000. The number of carbonyl (C=O) groups is 2. The molecule has 2 rings (SSSR count). The number of carbonyl (C=O) groups excluding carboxylic acids is 2. The first kappa shape index (κ1) is 23.9. The number of hydrogen-bond acceptors (Lipinski definition) is 8. The average molecular weight is 455 g/mol. The summed E-state index contributed by atoms with van der Waals surface area (Å²) >= 11 is 1.21. The number of nitrogens with one attached hydrogen (secondary N) is 1. The lowest BCUT2D eigenvalue weighted by Gasteiger charge is -2.20. The van der Waals surface area contributed by atoms with Crippen LogP contribution in [0, 0.1) is 6.92 Å². The zero-order valence-electron chi connectivity index (χ0n) is 17.5. The smallest absolute Gasteiger partial charge is 0.305 e. The van der Waals surface area contributed by atoms with Gasteiger partial charge in [0.05, 0.1) is 12.0 Å². The summed E-state index contributed by atoms with van der Waals surface area (Å²) < 4.78 is 31.7. The first-order chi connectivity index (χ1) is 14.2. The molecule has 164 valence electrons. The van der Waals surface area contributed by atoms with E-state index in [0.29, 0.717) is 41.6 Å². The van der Waals surface area contributed by atoms with Gasteiger partial charge in [-0.3, -0.25) is 14.9 Å². The van der Waals surface area contributed by atoms with Crippen molar-refractivity contribution in [2.75, 3.05) is 25.5 Å². The van der Waals surface area contributed by atoms with Crippen LogP contribution in [0.4, 0.5) is 5.13 Å². The maximum Gasteiger partial charge on any atom is 0.305 e. The van der Waals surface area contributed by atoms with Gasteiger partial charge in [-0.2, -0.15) is 4.31 Å². The van der Waals surface area contributed by atoms with Crippen molar-refractivity contribution in [1.82, 2.24) is 14.5 Å². The normalized spacial score (nSPS) is 11.5. The van der Waals surface area contributed by atoms with E-state index in [2.05, 4.69) is 20.3 Å². The Morgan fingerprint density at radius 2 is 1.90 bits per heavy atom. The molecule has 0 aliphatic heterocycles. The molecule has 1 aromatic carbocycles. The molecule has 30 heavy (non-hydrogen) atoms. The van der Waals surface area contributed by atoms with Crippen LogP contribution in [0.1, 0.15) is 47.6 Å². The number of hydrogen-bond donors (Lipinski definition) is 1. The number of esters is 1. The van der Waals surface area contributed by atoms with Crippen LogP contribution in [0.5, 0.6) is 0 Å². The van der Waals surface area contributed by atoms with Gasteiger partial charge in [-0.05, 0) is 31.0 Å². The first-order valence-electron chi connectivity index (χ1n) is 9.54. The van der Waals surface area contributed by atoms with Gasteiger partial charge in [0.2, 0.25) is 15.2 Å². The Labute approximate surface area is 180 Å². The summed E-state index contributed by atoms with van der Waals surface area (Å²) in [4.78, 5) is 23.9. The van der Waals surface area contributed by atoms with Crippen LogP contribution in [0.25, 0.3) is 0 Å². The SMILES string of the molecule is CCN(CC)S(=O)(=O)c1cc(C(=O)Nc2nnc(CCCC(=O)OC)s2)ccc1C. The summed E-state index contributed by atoms with van der Waals surface area (Å²) in [6.45, 7) is 5.93. The third-order valence-corrected chi connectivity index (χ3v) is 7.55. The topological polar surface area (TPSA) is 119 Å². The van der Waals surface area contributed by atoms with Crippen molar-refractivity contribution >= 4 is 38.4 Å². The van der Waals surface area contributed by atoms with E-state index in [1.807, 2.05) is 0 Å². The summed E-state index contributed by atoms with van der Waals surface area (Å²) in [5, 5.41) is 11.6. The fourth-order valence-electron chi connectivity index (χ4n) is 2.78. The van der Waals surface area contributed by atoms with Gasteiger partial charge in [-0.15, -0.1) is 10.2 Å². The molecule has 0 unspecified atom stereocenters. The van der Waals surface area contributed by atoms with Crippen molar-refractivity contribution in [3.8, 4) is 0 Å². The third kappa shape index (κ3) is 5.83. The van der Waals surface area contributed by atoms with Crippen LogP contribution in [-0.4, -0.2) is 55.0 Å². The highest BCUT2D eigenvalue weighted by Crippen LogP contribution is 2.23. The molecule has 1 aromatic heterocycles. The molecule has 2 aromatic rings. The monoisotopic (exact) mass is 454 g/mol. The molecule has 0 atom stereocenters. The Hall–Kier alpha value is -2.37. The van der Waals surface area contributed by atoms with Crippen molar-refractivity contribution in [2.24, 2.45) is 0 Å². The number of sulfonamides is 1. The molecule has 0 spiro atoms. The number of ether oxygens (including phenoxy) is 1. The molecule has 0 aliphatic rings. The second-order valence-electron chi connectivity index (χ2n) is 6.45. The molecule has 1 heterocycles. The van der Waals surface area contributed by atoms with Crippen LogP contribution >= 0.6 is 11.3 Å². The van der Waals surface area contributed by atoms with E-state index in [4.69, 9.17) is 0 Å².